The van der Waals surface area contributed by atoms with E-state index in [2.05, 4.69) is 20.3 Å². The number of hydrogen-bond donors (Lipinski definition) is 1. The molecule has 0 fully saturated rings. The number of aromatic hydroxyl groups is 1. The van der Waals surface area contributed by atoms with Gasteiger partial charge in [-0.15, -0.1) is 0 Å². The third-order valence-electron chi connectivity index (χ3n) is 2.81. The van der Waals surface area contributed by atoms with Crippen molar-refractivity contribution in [2.75, 3.05) is 0 Å². The van der Waals surface area contributed by atoms with E-state index in [-0.39, 0.29) is 5.75 Å². The maximum absolute atomic E-state index is 9.88. The van der Waals surface area contributed by atoms with Crippen molar-refractivity contribution in [3.05, 3.63) is 18.1 Å². The van der Waals surface area contributed by atoms with Crippen molar-refractivity contribution >= 4 is 11.0 Å². The van der Waals surface area contributed by atoms with Crippen molar-refractivity contribution < 1.29 is 9.74 Å². The average Bonchev–Trinajstić information content (AvgIpc) is 2.92. The topological polar surface area (TPSA) is 89.9 Å². The zero-order chi connectivity index (χ0) is 12.7. The first-order valence-corrected chi connectivity index (χ1v) is 5.55. The molecule has 0 aromatic carbocycles. The van der Waals surface area contributed by atoms with Gasteiger partial charge in [-0.25, -0.2) is 9.61 Å². The summed E-state index contributed by atoms with van der Waals surface area (Å²) in [6.07, 6.45) is 3.00. The Labute approximate surface area is 102 Å². The molecule has 0 aliphatic carbocycles. The van der Waals surface area contributed by atoms with Crippen LogP contribution in [0.3, 0.4) is 0 Å². The molecule has 3 aromatic rings. The largest absolute Gasteiger partial charge is 0.504 e. The highest BCUT2D eigenvalue weighted by Gasteiger charge is 2.19. The van der Waals surface area contributed by atoms with E-state index in [1.54, 1.807) is 13.1 Å². The molecule has 92 valence electrons. The molecule has 18 heavy (non-hydrogen) atoms. The Balaban J connectivity index is 2.37. The minimum Gasteiger partial charge on any atom is -0.504 e. The summed E-state index contributed by atoms with van der Waals surface area (Å²) in [5.74, 6) is 0.719. The summed E-state index contributed by atoms with van der Waals surface area (Å²) in [4.78, 5) is 8.35. The molecule has 0 saturated heterocycles. The number of nitrogens with zero attached hydrogens (tertiary/aromatic N) is 5. The fourth-order valence-electron chi connectivity index (χ4n) is 1.99. The Morgan fingerprint density at radius 1 is 1.33 bits per heavy atom. The SMILES string of the molecule is CCn1c(-c2nonc2C)nc2cncc(O)c21. The van der Waals surface area contributed by atoms with E-state index < -0.39 is 0 Å². The molecule has 0 aliphatic rings. The highest BCUT2D eigenvalue weighted by molar-refractivity contribution is 5.84. The van der Waals surface area contributed by atoms with Crippen molar-refractivity contribution in [2.24, 2.45) is 0 Å². The van der Waals surface area contributed by atoms with E-state index in [9.17, 15) is 5.11 Å². The van der Waals surface area contributed by atoms with Crippen LogP contribution in [0.2, 0.25) is 0 Å². The standard InChI is InChI=1S/C11H11N5O2/c1-3-16-10-7(4-12-5-8(10)17)13-11(16)9-6(2)14-18-15-9/h4-5,17H,3H2,1-2H3. The molecule has 3 rings (SSSR count). The maximum atomic E-state index is 9.88. The van der Waals surface area contributed by atoms with Crippen molar-refractivity contribution in [2.45, 2.75) is 20.4 Å². The lowest BCUT2D eigenvalue weighted by Gasteiger charge is -2.04. The predicted molar refractivity (Wildman–Crippen MR) is 62.9 cm³/mol. The molecule has 0 saturated carbocycles. The summed E-state index contributed by atoms with van der Waals surface area (Å²) in [5.41, 5.74) is 2.50. The second-order valence-corrected chi connectivity index (χ2v) is 3.90. The van der Waals surface area contributed by atoms with Gasteiger partial charge in [-0.2, -0.15) is 0 Å². The average molecular weight is 245 g/mol. The molecule has 0 radical (unpaired) electrons. The van der Waals surface area contributed by atoms with Gasteiger partial charge in [0.1, 0.15) is 16.7 Å². The van der Waals surface area contributed by atoms with Crippen LogP contribution in [0, 0.1) is 6.92 Å². The van der Waals surface area contributed by atoms with Gasteiger partial charge in [0.2, 0.25) is 0 Å². The van der Waals surface area contributed by atoms with Crippen molar-refractivity contribution in [3.8, 4) is 17.3 Å². The lowest BCUT2D eigenvalue weighted by Crippen LogP contribution is -1.99. The van der Waals surface area contributed by atoms with Gasteiger partial charge in [-0.1, -0.05) is 5.16 Å². The Kier molecular flexibility index (Phi) is 2.26. The Hall–Kier alpha value is -2.44. The molecule has 7 nitrogen and oxygen atoms in total. The van der Waals surface area contributed by atoms with Crippen molar-refractivity contribution in [3.63, 3.8) is 0 Å². The van der Waals surface area contributed by atoms with E-state index in [4.69, 9.17) is 4.63 Å². The molecule has 0 amide bonds. The zero-order valence-electron chi connectivity index (χ0n) is 9.95. The van der Waals surface area contributed by atoms with E-state index >= 15 is 0 Å². The van der Waals surface area contributed by atoms with Crippen LogP contribution in [0.15, 0.2) is 17.0 Å². The van der Waals surface area contributed by atoms with Crippen LogP contribution in [0.1, 0.15) is 12.6 Å². The zero-order valence-corrected chi connectivity index (χ0v) is 9.95. The van der Waals surface area contributed by atoms with E-state index in [0.717, 1.165) is 0 Å². The van der Waals surface area contributed by atoms with Crippen LogP contribution in [0.4, 0.5) is 0 Å². The van der Waals surface area contributed by atoms with Gasteiger partial charge >= 0.3 is 0 Å². The molecule has 0 bridgehead atoms. The van der Waals surface area contributed by atoms with E-state index in [0.29, 0.717) is 34.8 Å². The lowest BCUT2D eigenvalue weighted by atomic mass is 10.3. The number of hydrogen-bond acceptors (Lipinski definition) is 6. The smallest absolute Gasteiger partial charge is 0.173 e. The highest BCUT2D eigenvalue weighted by atomic mass is 16.6. The van der Waals surface area contributed by atoms with Gasteiger partial charge in [0, 0.05) is 6.54 Å². The first-order chi connectivity index (χ1) is 8.72. The second-order valence-electron chi connectivity index (χ2n) is 3.90. The van der Waals surface area contributed by atoms with Gasteiger partial charge in [0.05, 0.1) is 12.4 Å². The monoisotopic (exact) mass is 245 g/mol. The molecule has 7 heteroatoms. The first-order valence-electron chi connectivity index (χ1n) is 5.55. The fourth-order valence-corrected chi connectivity index (χ4v) is 1.99. The van der Waals surface area contributed by atoms with Crippen LogP contribution in [-0.4, -0.2) is 30.0 Å². The number of rotatable bonds is 2. The molecule has 0 aliphatic heterocycles. The Bertz CT molecular complexity index is 715. The summed E-state index contributed by atoms with van der Waals surface area (Å²) < 4.78 is 6.55. The normalized spacial score (nSPS) is 11.2. The fraction of sp³-hybridized carbons (Fsp3) is 0.273. The molecule has 1 N–H and O–H groups in total. The molecule has 0 atom stereocenters. The maximum Gasteiger partial charge on any atom is 0.173 e. The quantitative estimate of drug-likeness (QED) is 0.736. The number of aromatic nitrogens is 5. The second kappa shape index (κ2) is 3.80. The molecule has 0 spiro atoms. The Morgan fingerprint density at radius 3 is 2.83 bits per heavy atom. The van der Waals surface area contributed by atoms with Crippen molar-refractivity contribution in [1.82, 2.24) is 24.8 Å². The number of imidazole rings is 1. The third-order valence-corrected chi connectivity index (χ3v) is 2.81. The van der Waals surface area contributed by atoms with Crippen LogP contribution in [0.5, 0.6) is 5.75 Å². The number of pyridine rings is 1. The van der Waals surface area contributed by atoms with Crippen LogP contribution < -0.4 is 0 Å². The molecular formula is C11H11N5O2. The van der Waals surface area contributed by atoms with Crippen molar-refractivity contribution in [1.29, 1.82) is 0 Å². The molecule has 3 aromatic heterocycles. The molecule has 0 unspecified atom stereocenters. The minimum absolute atomic E-state index is 0.0993. The van der Waals surface area contributed by atoms with Gasteiger partial charge in [-0.05, 0) is 19.0 Å². The van der Waals surface area contributed by atoms with Gasteiger partial charge in [0.25, 0.3) is 0 Å². The molecular weight excluding hydrogens is 234 g/mol. The summed E-state index contributed by atoms with van der Waals surface area (Å²) in [6.45, 7) is 4.41. The summed E-state index contributed by atoms with van der Waals surface area (Å²) in [5, 5.41) is 17.5. The third kappa shape index (κ3) is 1.37. The van der Waals surface area contributed by atoms with E-state index in [1.807, 2.05) is 11.5 Å². The Morgan fingerprint density at radius 2 is 2.17 bits per heavy atom. The van der Waals surface area contributed by atoms with Gasteiger partial charge < -0.3 is 9.67 Å². The van der Waals surface area contributed by atoms with Crippen LogP contribution in [0.25, 0.3) is 22.6 Å². The highest BCUT2D eigenvalue weighted by Crippen LogP contribution is 2.29. The summed E-state index contributed by atoms with van der Waals surface area (Å²) >= 11 is 0. The predicted octanol–water partition coefficient (Wildman–Crippen LogP) is 1.52. The first kappa shape index (κ1) is 10.7. The van der Waals surface area contributed by atoms with Gasteiger partial charge in [0.15, 0.2) is 17.3 Å². The van der Waals surface area contributed by atoms with E-state index in [1.165, 1.54) is 6.20 Å². The minimum atomic E-state index is 0.0993. The summed E-state index contributed by atoms with van der Waals surface area (Å²) in [6, 6.07) is 0. The van der Waals surface area contributed by atoms with Crippen LogP contribution >= 0.6 is 0 Å². The number of fused-ring (bicyclic) bond motifs is 1. The summed E-state index contributed by atoms with van der Waals surface area (Å²) in [7, 11) is 0. The number of aryl methyl sites for hydroxylation is 2. The molecule has 3 heterocycles. The van der Waals surface area contributed by atoms with Crippen LogP contribution in [-0.2, 0) is 6.54 Å². The van der Waals surface area contributed by atoms with Gasteiger partial charge in [-0.3, -0.25) is 4.98 Å². The lowest BCUT2D eigenvalue weighted by molar-refractivity contribution is 0.305.